The van der Waals surface area contributed by atoms with Crippen molar-refractivity contribution in [3.63, 3.8) is 0 Å². The first-order chi connectivity index (χ1) is 9.45. The minimum atomic E-state index is 0.396. The largest absolute Gasteiger partial charge is 0.332 e. The normalized spacial score (nSPS) is 10.2. The van der Waals surface area contributed by atoms with Crippen LogP contribution in [0.2, 0.25) is 15.1 Å². The lowest BCUT2D eigenvalue weighted by molar-refractivity contribution is 1.58. The topological polar surface area (TPSA) is 24.1 Å². The van der Waals surface area contributed by atoms with Gasteiger partial charge in [-0.15, -0.1) is 0 Å². The van der Waals surface area contributed by atoms with E-state index in [4.69, 9.17) is 47.0 Å². The van der Waals surface area contributed by atoms with Gasteiger partial charge >= 0.3 is 0 Å². The molecule has 0 heterocycles. The maximum atomic E-state index is 6.05. The van der Waals surface area contributed by atoms with Crippen LogP contribution in [-0.2, 0) is 0 Å². The molecular weight excluding hydrogens is 402 g/mol. The highest BCUT2D eigenvalue weighted by molar-refractivity contribution is 9.10. The van der Waals surface area contributed by atoms with Crippen LogP contribution in [0.3, 0.4) is 0 Å². The zero-order valence-electron chi connectivity index (χ0n) is 9.88. The highest BCUT2D eigenvalue weighted by atomic mass is 79.9. The molecule has 0 radical (unpaired) electrons. The number of benzene rings is 2. The number of anilines is 2. The Kier molecular flexibility index (Phi) is 5.52. The zero-order chi connectivity index (χ0) is 14.7. The summed E-state index contributed by atoms with van der Waals surface area (Å²) in [6.07, 6.45) is 0. The van der Waals surface area contributed by atoms with E-state index in [1.165, 1.54) is 0 Å². The van der Waals surface area contributed by atoms with Crippen molar-refractivity contribution in [2.75, 3.05) is 10.6 Å². The van der Waals surface area contributed by atoms with Gasteiger partial charge in [-0.3, -0.25) is 0 Å². The molecule has 0 fully saturated rings. The van der Waals surface area contributed by atoms with Crippen LogP contribution in [0.15, 0.2) is 40.9 Å². The van der Waals surface area contributed by atoms with Gasteiger partial charge < -0.3 is 10.6 Å². The fourth-order valence-corrected chi connectivity index (χ4v) is 2.44. The molecule has 0 spiro atoms. The molecule has 0 aliphatic rings. The molecule has 104 valence electrons. The molecule has 2 aromatic carbocycles. The average molecular weight is 411 g/mol. The van der Waals surface area contributed by atoms with E-state index in [2.05, 4.69) is 26.6 Å². The van der Waals surface area contributed by atoms with Gasteiger partial charge in [-0.25, -0.2) is 0 Å². The second-order valence-corrected chi connectivity index (χ2v) is 6.35. The first kappa shape index (κ1) is 15.9. The number of hydrogen-bond acceptors (Lipinski definition) is 1. The molecular formula is C13H8BrCl3N2S. The van der Waals surface area contributed by atoms with Crippen LogP contribution in [0.1, 0.15) is 0 Å². The lowest BCUT2D eigenvalue weighted by Gasteiger charge is -2.12. The van der Waals surface area contributed by atoms with E-state index in [1.807, 2.05) is 12.1 Å². The van der Waals surface area contributed by atoms with Crippen LogP contribution in [-0.4, -0.2) is 5.11 Å². The van der Waals surface area contributed by atoms with E-state index in [0.29, 0.717) is 25.9 Å². The molecule has 0 amide bonds. The van der Waals surface area contributed by atoms with Gasteiger partial charge in [-0.1, -0.05) is 34.8 Å². The number of hydrogen-bond donors (Lipinski definition) is 2. The van der Waals surface area contributed by atoms with Gasteiger partial charge in [-0.2, -0.15) is 0 Å². The summed E-state index contributed by atoms with van der Waals surface area (Å²) in [5, 5.41) is 8.10. The van der Waals surface area contributed by atoms with Gasteiger partial charge in [0.2, 0.25) is 0 Å². The van der Waals surface area contributed by atoms with Gasteiger partial charge in [0.25, 0.3) is 0 Å². The van der Waals surface area contributed by atoms with Gasteiger partial charge in [0, 0.05) is 15.2 Å². The molecule has 0 aliphatic heterocycles. The minimum Gasteiger partial charge on any atom is -0.332 e. The van der Waals surface area contributed by atoms with E-state index in [0.717, 1.165) is 10.2 Å². The Balaban J connectivity index is 2.09. The Hall–Kier alpha value is -0.520. The van der Waals surface area contributed by atoms with Crippen molar-refractivity contribution < 1.29 is 0 Å². The van der Waals surface area contributed by atoms with Crippen molar-refractivity contribution in [2.45, 2.75) is 0 Å². The third kappa shape index (κ3) is 4.24. The first-order valence-electron chi connectivity index (χ1n) is 5.44. The van der Waals surface area contributed by atoms with E-state index >= 15 is 0 Å². The average Bonchev–Trinajstić information content (AvgIpc) is 2.38. The maximum absolute atomic E-state index is 6.05. The number of halogens is 4. The lowest BCUT2D eigenvalue weighted by atomic mass is 10.3. The molecule has 2 rings (SSSR count). The molecule has 0 saturated heterocycles. The van der Waals surface area contributed by atoms with Crippen molar-refractivity contribution in [1.82, 2.24) is 0 Å². The van der Waals surface area contributed by atoms with Crippen LogP contribution < -0.4 is 10.6 Å². The number of thiocarbonyl (C=S) groups is 1. The summed E-state index contributed by atoms with van der Waals surface area (Å²) < 4.78 is 0.821. The Labute approximate surface area is 145 Å². The molecule has 0 aliphatic carbocycles. The third-order valence-electron chi connectivity index (χ3n) is 2.35. The summed E-state index contributed by atoms with van der Waals surface area (Å²) in [7, 11) is 0. The van der Waals surface area contributed by atoms with Gasteiger partial charge in [0.15, 0.2) is 5.11 Å². The van der Waals surface area contributed by atoms with E-state index in [-0.39, 0.29) is 0 Å². The monoisotopic (exact) mass is 408 g/mol. The maximum Gasteiger partial charge on any atom is 0.175 e. The van der Waals surface area contributed by atoms with Crippen LogP contribution >= 0.6 is 63.0 Å². The first-order valence-corrected chi connectivity index (χ1v) is 7.77. The van der Waals surface area contributed by atoms with E-state index in [9.17, 15) is 0 Å². The fourth-order valence-electron chi connectivity index (χ4n) is 1.45. The quantitative estimate of drug-likeness (QED) is 0.575. The summed E-state index contributed by atoms with van der Waals surface area (Å²) >= 11 is 26.5. The minimum absolute atomic E-state index is 0.396. The summed E-state index contributed by atoms with van der Waals surface area (Å²) in [5.74, 6) is 0. The Morgan fingerprint density at radius 3 is 2.40 bits per heavy atom. The Morgan fingerprint density at radius 1 is 0.950 bits per heavy atom. The van der Waals surface area contributed by atoms with Crippen molar-refractivity contribution >= 4 is 79.4 Å². The highest BCUT2D eigenvalue weighted by Gasteiger charge is 2.05. The molecule has 0 unspecified atom stereocenters. The molecule has 0 saturated carbocycles. The molecule has 7 heteroatoms. The second kappa shape index (κ2) is 6.96. The van der Waals surface area contributed by atoms with Gasteiger partial charge in [0.1, 0.15) is 0 Å². The predicted molar refractivity (Wildman–Crippen MR) is 95.5 cm³/mol. The van der Waals surface area contributed by atoms with Crippen molar-refractivity contribution in [2.24, 2.45) is 0 Å². The van der Waals surface area contributed by atoms with Crippen LogP contribution in [0.4, 0.5) is 11.4 Å². The van der Waals surface area contributed by atoms with Crippen LogP contribution in [0.25, 0.3) is 0 Å². The molecule has 0 aromatic heterocycles. The molecule has 20 heavy (non-hydrogen) atoms. The smallest absolute Gasteiger partial charge is 0.175 e. The second-order valence-electron chi connectivity index (χ2n) is 3.83. The summed E-state index contributed by atoms with van der Waals surface area (Å²) in [6.45, 7) is 0. The lowest BCUT2D eigenvalue weighted by Crippen LogP contribution is -2.19. The Morgan fingerprint density at radius 2 is 1.70 bits per heavy atom. The van der Waals surface area contributed by atoms with Crippen molar-refractivity contribution in [3.8, 4) is 0 Å². The van der Waals surface area contributed by atoms with Crippen molar-refractivity contribution in [3.05, 3.63) is 55.9 Å². The predicted octanol–water partition coefficient (Wildman–Crippen LogP) is 6.22. The van der Waals surface area contributed by atoms with Crippen LogP contribution in [0, 0.1) is 0 Å². The van der Waals surface area contributed by atoms with Gasteiger partial charge in [-0.05, 0) is 64.5 Å². The summed E-state index contributed by atoms with van der Waals surface area (Å²) in [4.78, 5) is 0. The van der Waals surface area contributed by atoms with Crippen molar-refractivity contribution in [1.29, 1.82) is 0 Å². The summed E-state index contributed by atoms with van der Waals surface area (Å²) in [5.41, 5.74) is 1.41. The SMILES string of the molecule is S=C(Nc1ccc(Br)c(Cl)c1)Nc1cc(Cl)ccc1Cl. The molecule has 0 atom stereocenters. The zero-order valence-corrected chi connectivity index (χ0v) is 14.6. The number of nitrogens with one attached hydrogen (secondary N) is 2. The molecule has 2 nitrogen and oxygen atoms in total. The van der Waals surface area contributed by atoms with E-state index in [1.54, 1.807) is 24.3 Å². The van der Waals surface area contributed by atoms with Crippen LogP contribution in [0.5, 0.6) is 0 Å². The third-order valence-corrected chi connectivity index (χ3v) is 4.36. The fraction of sp³-hybridized carbons (Fsp3) is 0. The number of rotatable bonds is 2. The summed E-state index contributed by atoms with van der Waals surface area (Å²) in [6, 6.07) is 10.6. The molecule has 0 bridgehead atoms. The Bertz CT molecular complexity index is 664. The van der Waals surface area contributed by atoms with Gasteiger partial charge in [0.05, 0.1) is 15.7 Å². The molecule has 2 aromatic rings. The molecule has 2 N–H and O–H groups in total. The van der Waals surface area contributed by atoms with E-state index < -0.39 is 0 Å². The highest BCUT2D eigenvalue weighted by Crippen LogP contribution is 2.27. The standard InChI is InChI=1S/C13H8BrCl3N2S/c14-9-3-2-8(6-11(9)17)18-13(20)19-12-5-7(15)1-4-10(12)16/h1-6H,(H2,18,19,20).